The number of hydrogen-bond donors (Lipinski definition) is 1. The van der Waals surface area contributed by atoms with Gasteiger partial charge in [0, 0.05) is 17.3 Å². The number of nitrogens with zero attached hydrogens (tertiary/aromatic N) is 3. The Kier molecular flexibility index (Phi) is 1.96. The summed E-state index contributed by atoms with van der Waals surface area (Å²) in [4.78, 5) is 0. The molecular formula is C12H14N4. The number of rotatable bonds is 2. The zero-order valence-corrected chi connectivity index (χ0v) is 9.22. The standard InChI is InChI=1S/C12H14N4/c1-8-14-15-12(16(8)9-6-7-9)10-4-2-3-5-11(10)13/h2-5,9H,6-7,13H2,1H3. The molecule has 1 aromatic carbocycles. The van der Waals surface area contributed by atoms with Crippen LogP contribution in [0.3, 0.4) is 0 Å². The fourth-order valence-corrected chi connectivity index (χ4v) is 2.02. The summed E-state index contributed by atoms with van der Waals surface area (Å²) in [6.45, 7) is 1.99. The van der Waals surface area contributed by atoms with E-state index < -0.39 is 0 Å². The summed E-state index contributed by atoms with van der Waals surface area (Å²) in [6, 6.07) is 8.38. The number of aromatic nitrogens is 3. The lowest BCUT2D eigenvalue weighted by Gasteiger charge is -2.08. The zero-order chi connectivity index (χ0) is 11.1. The second-order valence-electron chi connectivity index (χ2n) is 4.26. The molecule has 0 bridgehead atoms. The Hall–Kier alpha value is -1.84. The number of aryl methyl sites for hydroxylation is 1. The quantitative estimate of drug-likeness (QED) is 0.779. The van der Waals surface area contributed by atoms with Crippen LogP contribution >= 0.6 is 0 Å². The van der Waals surface area contributed by atoms with E-state index in [2.05, 4.69) is 14.8 Å². The molecule has 1 aliphatic carbocycles. The van der Waals surface area contributed by atoms with Gasteiger partial charge in [-0.3, -0.25) is 0 Å². The van der Waals surface area contributed by atoms with E-state index in [1.54, 1.807) is 0 Å². The molecule has 4 nitrogen and oxygen atoms in total. The summed E-state index contributed by atoms with van der Waals surface area (Å²) in [6.07, 6.45) is 2.44. The van der Waals surface area contributed by atoms with Crippen LogP contribution in [-0.2, 0) is 0 Å². The highest BCUT2D eigenvalue weighted by molar-refractivity contribution is 5.71. The molecule has 2 N–H and O–H groups in total. The molecule has 0 atom stereocenters. The number of anilines is 1. The molecule has 2 aromatic rings. The van der Waals surface area contributed by atoms with Crippen LogP contribution in [0.4, 0.5) is 5.69 Å². The van der Waals surface area contributed by atoms with Crippen LogP contribution in [0.5, 0.6) is 0 Å². The van der Waals surface area contributed by atoms with E-state index in [0.29, 0.717) is 6.04 Å². The van der Waals surface area contributed by atoms with Gasteiger partial charge in [-0.25, -0.2) is 0 Å². The third-order valence-electron chi connectivity index (χ3n) is 2.98. The number of nitrogens with two attached hydrogens (primary N) is 1. The minimum absolute atomic E-state index is 0.574. The second kappa shape index (κ2) is 3.33. The Morgan fingerprint density at radius 2 is 2.00 bits per heavy atom. The van der Waals surface area contributed by atoms with Crippen LogP contribution in [-0.4, -0.2) is 14.8 Å². The Morgan fingerprint density at radius 3 is 2.69 bits per heavy atom. The molecule has 0 aliphatic heterocycles. The van der Waals surface area contributed by atoms with Gasteiger partial charge in [-0.2, -0.15) is 0 Å². The number of nitrogen functional groups attached to an aromatic ring is 1. The van der Waals surface area contributed by atoms with Gasteiger partial charge >= 0.3 is 0 Å². The van der Waals surface area contributed by atoms with E-state index in [4.69, 9.17) is 5.73 Å². The Bertz CT molecular complexity index is 526. The predicted octanol–water partition coefficient (Wildman–Crippen LogP) is 2.17. The van der Waals surface area contributed by atoms with E-state index in [1.165, 1.54) is 12.8 Å². The number of hydrogen-bond acceptors (Lipinski definition) is 3. The monoisotopic (exact) mass is 214 g/mol. The van der Waals surface area contributed by atoms with Crippen LogP contribution in [0, 0.1) is 6.92 Å². The van der Waals surface area contributed by atoms with E-state index in [9.17, 15) is 0 Å². The molecule has 3 rings (SSSR count). The maximum atomic E-state index is 5.97. The van der Waals surface area contributed by atoms with Gasteiger partial charge in [-0.1, -0.05) is 12.1 Å². The first kappa shape index (κ1) is 9.39. The maximum absolute atomic E-state index is 5.97. The molecule has 1 aromatic heterocycles. The highest BCUT2D eigenvalue weighted by Crippen LogP contribution is 2.39. The van der Waals surface area contributed by atoms with Crippen LogP contribution in [0.2, 0.25) is 0 Å². The fourth-order valence-electron chi connectivity index (χ4n) is 2.02. The van der Waals surface area contributed by atoms with Gasteiger partial charge in [0.2, 0.25) is 0 Å². The molecule has 16 heavy (non-hydrogen) atoms. The summed E-state index contributed by atoms with van der Waals surface area (Å²) < 4.78 is 2.20. The second-order valence-corrected chi connectivity index (χ2v) is 4.26. The Morgan fingerprint density at radius 1 is 1.25 bits per heavy atom. The zero-order valence-electron chi connectivity index (χ0n) is 9.22. The summed E-state index contributed by atoms with van der Waals surface area (Å²) >= 11 is 0. The lowest BCUT2D eigenvalue weighted by atomic mass is 10.1. The molecule has 0 radical (unpaired) electrons. The van der Waals surface area contributed by atoms with Gasteiger partial charge in [-0.15, -0.1) is 10.2 Å². The van der Waals surface area contributed by atoms with Gasteiger partial charge in [-0.05, 0) is 31.9 Å². The van der Waals surface area contributed by atoms with Crippen molar-refractivity contribution in [3.63, 3.8) is 0 Å². The van der Waals surface area contributed by atoms with Crippen molar-refractivity contribution in [2.24, 2.45) is 0 Å². The van der Waals surface area contributed by atoms with Crippen molar-refractivity contribution in [3.8, 4) is 11.4 Å². The number of benzene rings is 1. The number of para-hydroxylation sites is 1. The van der Waals surface area contributed by atoms with Crippen molar-refractivity contribution in [1.82, 2.24) is 14.8 Å². The van der Waals surface area contributed by atoms with Crippen molar-refractivity contribution in [2.75, 3.05) is 5.73 Å². The minimum Gasteiger partial charge on any atom is -0.398 e. The van der Waals surface area contributed by atoms with Gasteiger partial charge in [0.25, 0.3) is 0 Å². The van der Waals surface area contributed by atoms with E-state index in [1.807, 2.05) is 31.2 Å². The molecule has 1 fully saturated rings. The molecular weight excluding hydrogens is 200 g/mol. The topological polar surface area (TPSA) is 56.7 Å². The summed E-state index contributed by atoms with van der Waals surface area (Å²) in [5.41, 5.74) is 7.71. The molecule has 82 valence electrons. The lowest BCUT2D eigenvalue weighted by molar-refractivity contribution is 0.717. The van der Waals surface area contributed by atoms with Crippen LogP contribution in [0.1, 0.15) is 24.7 Å². The SMILES string of the molecule is Cc1nnc(-c2ccccc2N)n1C1CC1. The highest BCUT2D eigenvalue weighted by atomic mass is 15.3. The van der Waals surface area contributed by atoms with Crippen molar-refractivity contribution in [2.45, 2.75) is 25.8 Å². The van der Waals surface area contributed by atoms with Gasteiger partial charge < -0.3 is 10.3 Å². The van der Waals surface area contributed by atoms with E-state index in [0.717, 1.165) is 22.9 Å². The van der Waals surface area contributed by atoms with Crippen molar-refractivity contribution in [3.05, 3.63) is 30.1 Å². The molecule has 4 heteroatoms. The van der Waals surface area contributed by atoms with Crippen LogP contribution in [0.25, 0.3) is 11.4 Å². The van der Waals surface area contributed by atoms with Gasteiger partial charge in [0.05, 0.1) is 0 Å². The van der Waals surface area contributed by atoms with Crippen molar-refractivity contribution in [1.29, 1.82) is 0 Å². The van der Waals surface area contributed by atoms with Crippen molar-refractivity contribution >= 4 is 5.69 Å². The molecule has 1 heterocycles. The molecule has 0 spiro atoms. The normalized spacial score (nSPS) is 15.3. The first-order valence-corrected chi connectivity index (χ1v) is 5.54. The first-order chi connectivity index (χ1) is 7.77. The summed E-state index contributed by atoms with van der Waals surface area (Å²) in [7, 11) is 0. The van der Waals surface area contributed by atoms with Gasteiger partial charge in [0.15, 0.2) is 5.82 Å². The highest BCUT2D eigenvalue weighted by Gasteiger charge is 2.28. The van der Waals surface area contributed by atoms with Crippen LogP contribution in [0.15, 0.2) is 24.3 Å². The smallest absolute Gasteiger partial charge is 0.166 e. The Labute approximate surface area is 94.1 Å². The molecule has 0 unspecified atom stereocenters. The van der Waals surface area contributed by atoms with Crippen LogP contribution < -0.4 is 5.73 Å². The largest absolute Gasteiger partial charge is 0.398 e. The average Bonchev–Trinajstić information content (AvgIpc) is 3.04. The van der Waals surface area contributed by atoms with Gasteiger partial charge in [0.1, 0.15) is 5.82 Å². The third-order valence-corrected chi connectivity index (χ3v) is 2.98. The molecule has 1 saturated carbocycles. The lowest BCUT2D eigenvalue weighted by Crippen LogP contribution is -2.01. The van der Waals surface area contributed by atoms with E-state index >= 15 is 0 Å². The Balaban J connectivity index is 2.16. The molecule has 0 saturated heterocycles. The first-order valence-electron chi connectivity index (χ1n) is 5.54. The summed E-state index contributed by atoms with van der Waals surface area (Å²) in [5.74, 6) is 1.87. The molecule has 0 amide bonds. The van der Waals surface area contributed by atoms with Crippen molar-refractivity contribution < 1.29 is 0 Å². The van der Waals surface area contributed by atoms with E-state index in [-0.39, 0.29) is 0 Å². The minimum atomic E-state index is 0.574. The third kappa shape index (κ3) is 1.38. The predicted molar refractivity (Wildman–Crippen MR) is 62.9 cm³/mol. The fraction of sp³-hybridized carbons (Fsp3) is 0.333. The average molecular weight is 214 g/mol. The maximum Gasteiger partial charge on any atom is 0.166 e. The summed E-state index contributed by atoms with van der Waals surface area (Å²) in [5, 5.41) is 8.39. The molecule has 1 aliphatic rings.